The molecule has 168 valence electrons. The van der Waals surface area contributed by atoms with E-state index >= 15 is 0 Å². The first-order valence-electron chi connectivity index (χ1n) is 10.5. The summed E-state index contributed by atoms with van der Waals surface area (Å²) in [7, 11) is 0. The van der Waals surface area contributed by atoms with Gasteiger partial charge < -0.3 is 19.7 Å². The average molecular weight is 459 g/mol. The molecule has 3 aromatic rings. The second-order valence-corrected chi connectivity index (χ2v) is 8.12. The summed E-state index contributed by atoms with van der Waals surface area (Å²) >= 11 is 5.99. The van der Waals surface area contributed by atoms with Crippen LogP contribution in [-0.4, -0.2) is 45.5 Å². The van der Waals surface area contributed by atoms with Crippen molar-refractivity contribution in [1.82, 2.24) is 14.5 Å². The summed E-state index contributed by atoms with van der Waals surface area (Å²) in [5.41, 5.74) is 1.48. The number of aromatic nitrogens is 3. The number of anilines is 1. The van der Waals surface area contributed by atoms with Crippen LogP contribution in [0.1, 0.15) is 30.9 Å². The van der Waals surface area contributed by atoms with Crippen LogP contribution in [0.3, 0.4) is 0 Å². The van der Waals surface area contributed by atoms with Crippen molar-refractivity contribution in [3.05, 3.63) is 75.5 Å². The van der Waals surface area contributed by atoms with Crippen molar-refractivity contribution in [3.63, 3.8) is 0 Å². The number of nitrogens with one attached hydrogen (secondary N) is 1. The number of benzene rings is 1. The maximum absolute atomic E-state index is 13.9. The lowest BCUT2D eigenvalue weighted by Gasteiger charge is -2.23. The van der Waals surface area contributed by atoms with Crippen molar-refractivity contribution >= 4 is 17.5 Å². The van der Waals surface area contributed by atoms with Gasteiger partial charge in [0, 0.05) is 54.9 Å². The van der Waals surface area contributed by atoms with Gasteiger partial charge in [-0.05, 0) is 55.2 Å². The second-order valence-electron chi connectivity index (χ2n) is 7.69. The van der Waals surface area contributed by atoms with E-state index in [1.807, 2.05) is 0 Å². The number of rotatable bonds is 7. The number of ether oxygens (including phenoxy) is 1. The number of aliphatic hydroxyl groups is 1. The smallest absolute Gasteiger partial charge is 0.251 e. The first-order chi connectivity index (χ1) is 15.5. The molecule has 1 saturated heterocycles. The van der Waals surface area contributed by atoms with Crippen molar-refractivity contribution in [2.75, 3.05) is 25.1 Å². The van der Waals surface area contributed by atoms with Gasteiger partial charge >= 0.3 is 0 Å². The normalized spacial score (nSPS) is 15.5. The second kappa shape index (κ2) is 10.2. The lowest BCUT2D eigenvalue weighted by Crippen LogP contribution is -2.28. The Morgan fingerprint density at radius 1 is 1.25 bits per heavy atom. The van der Waals surface area contributed by atoms with Crippen LogP contribution in [0, 0.1) is 5.82 Å². The molecule has 9 heteroatoms. The van der Waals surface area contributed by atoms with E-state index in [1.165, 1.54) is 22.8 Å². The Bertz CT molecular complexity index is 1110. The number of pyridine rings is 1. The van der Waals surface area contributed by atoms with Gasteiger partial charge in [-0.2, -0.15) is 0 Å². The van der Waals surface area contributed by atoms with Crippen LogP contribution in [0.5, 0.6) is 0 Å². The van der Waals surface area contributed by atoms with Crippen molar-refractivity contribution in [2.24, 2.45) is 0 Å². The minimum atomic E-state index is -0.550. The zero-order valence-electron chi connectivity index (χ0n) is 17.4. The third-order valence-electron chi connectivity index (χ3n) is 5.46. The van der Waals surface area contributed by atoms with Crippen LogP contribution < -0.4 is 10.9 Å². The molecule has 1 aromatic carbocycles. The molecule has 1 atom stereocenters. The lowest BCUT2D eigenvalue weighted by atomic mass is 10.0. The molecule has 3 heterocycles. The van der Waals surface area contributed by atoms with Crippen molar-refractivity contribution in [2.45, 2.75) is 31.3 Å². The first kappa shape index (κ1) is 22.4. The Hall–Kier alpha value is -2.81. The van der Waals surface area contributed by atoms with Crippen molar-refractivity contribution in [1.29, 1.82) is 0 Å². The molecule has 0 saturated carbocycles. The van der Waals surface area contributed by atoms with Gasteiger partial charge in [0.15, 0.2) is 0 Å². The van der Waals surface area contributed by atoms with Crippen molar-refractivity contribution < 1.29 is 14.2 Å². The van der Waals surface area contributed by atoms with Crippen LogP contribution in [0.15, 0.2) is 53.6 Å². The molecule has 0 spiro atoms. The van der Waals surface area contributed by atoms with Gasteiger partial charge in [0.2, 0.25) is 5.95 Å². The van der Waals surface area contributed by atoms with Gasteiger partial charge in [-0.1, -0.05) is 11.6 Å². The lowest BCUT2D eigenvalue weighted by molar-refractivity contribution is 0.0903. The number of halogens is 2. The highest BCUT2D eigenvalue weighted by atomic mass is 35.5. The zero-order chi connectivity index (χ0) is 22.5. The number of hydrogen-bond acceptors (Lipinski definition) is 6. The van der Waals surface area contributed by atoms with E-state index in [0.29, 0.717) is 36.0 Å². The molecule has 1 aliphatic rings. The summed E-state index contributed by atoms with van der Waals surface area (Å²) in [5.74, 6) is 0.0109. The fourth-order valence-electron chi connectivity index (χ4n) is 3.88. The van der Waals surface area contributed by atoms with Crippen LogP contribution in [0.2, 0.25) is 5.02 Å². The SMILES string of the molecule is O=c1cc(-c2ccnc(NC3CCOCC3)n2)ccn1[C@H](CCO)c1cc(F)cc(Cl)c1. The van der Waals surface area contributed by atoms with E-state index in [4.69, 9.17) is 16.3 Å². The maximum atomic E-state index is 13.9. The highest BCUT2D eigenvalue weighted by Gasteiger charge is 2.18. The third kappa shape index (κ3) is 5.32. The van der Waals surface area contributed by atoms with Gasteiger partial charge in [0.05, 0.1) is 11.7 Å². The Morgan fingerprint density at radius 3 is 2.78 bits per heavy atom. The van der Waals surface area contributed by atoms with Crippen LogP contribution in [0.4, 0.5) is 10.3 Å². The quantitative estimate of drug-likeness (QED) is 0.561. The Kier molecular flexibility index (Phi) is 7.14. The molecule has 32 heavy (non-hydrogen) atoms. The fourth-order valence-corrected chi connectivity index (χ4v) is 4.11. The topological polar surface area (TPSA) is 89.3 Å². The molecular weight excluding hydrogens is 435 g/mol. The Labute approximate surface area is 189 Å². The Balaban J connectivity index is 1.61. The molecule has 1 aliphatic heterocycles. The molecule has 0 aliphatic carbocycles. The Morgan fingerprint density at radius 2 is 2.06 bits per heavy atom. The summed E-state index contributed by atoms with van der Waals surface area (Å²) in [4.78, 5) is 21.8. The molecule has 4 rings (SSSR count). The van der Waals surface area contributed by atoms with E-state index in [2.05, 4.69) is 15.3 Å². The minimum absolute atomic E-state index is 0.167. The van der Waals surface area contributed by atoms with Crippen LogP contribution in [0.25, 0.3) is 11.3 Å². The highest BCUT2D eigenvalue weighted by molar-refractivity contribution is 6.30. The molecule has 0 unspecified atom stereocenters. The van der Waals surface area contributed by atoms with Crippen molar-refractivity contribution in [3.8, 4) is 11.3 Å². The summed E-state index contributed by atoms with van der Waals surface area (Å²) in [5, 5.41) is 13.1. The summed E-state index contributed by atoms with van der Waals surface area (Å²) in [6.45, 7) is 1.25. The van der Waals surface area contributed by atoms with E-state index in [1.54, 1.807) is 30.6 Å². The molecule has 7 nitrogen and oxygen atoms in total. The van der Waals surface area contributed by atoms with E-state index < -0.39 is 11.9 Å². The van der Waals surface area contributed by atoms with Gasteiger partial charge in [0.25, 0.3) is 5.56 Å². The van der Waals surface area contributed by atoms with E-state index in [0.717, 1.165) is 12.8 Å². The maximum Gasteiger partial charge on any atom is 0.251 e. The van der Waals surface area contributed by atoms with E-state index in [9.17, 15) is 14.3 Å². The molecule has 2 N–H and O–H groups in total. The summed E-state index contributed by atoms with van der Waals surface area (Å²) in [6.07, 6.45) is 5.30. The molecule has 0 amide bonds. The van der Waals surface area contributed by atoms with Crippen LogP contribution in [-0.2, 0) is 4.74 Å². The summed E-state index contributed by atoms with van der Waals surface area (Å²) < 4.78 is 20.7. The highest BCUT2D eigenvalue weighted by Crippen LogP contribution is 2.26. The zero-order valence-corrected chi connectivity index (χ0v) is 18.1. The molecule has 1 fully saturated rings. The molecular formula is C23H24ClFN4O3. The number of nitrogens with zero attached hydrogens (tertiary/aromatic N) is 3. The molecule has 0 bridgehead atoms. The minimum Gasteiger partial charge on any atom is -0.396 e. The monoisotopic (exact) mass is 458 g/mol. The van der Waals surface area contributed by atoms with Gasteiger partial charge in [-0.25, -0.2) is 14.4 Å². The van der Waals surface area contributed by atoms with Gasteiger partial charge in [-0.3, -0.25) is 4.79 Å². The largest absolute Gasteiger partial charge is 0.396 e. The molecule has 2 aromatic heterocycles. The van der Waals surface area contributed by atoms with Crippen LogP contribution >= 0.6 is 11.6 Å². The predicted octanol–water partition coefficient (Wildman–Crippen LogP) is 3.66. The number of aliphatic hydroxyl groups excluding tert-OH is 1. The standard InChI is InChI=1S/C23H24ClFN4O3/c24-17-11-16(12-18(25)14-17)21(3-8-30)29-7-2-15(13-22(29)31)20-1-6-26-23(28-20)27-19-4-9-32-10-5-19/h1-2,6-7,11-14,19,21,30H,3-5,8-10H2,(H,26,27,28)/t21-/m1/s1. The fraction of sp³-hybridized carbons (Fsp3) is 0.348. The van der Waals surface area contributed by atoms with E-state index in [-0.39, 0.29) is 29.7 Å². The van der Waals surface area contributed by atoms with Gasteiger partial charge in [0.1, 0.15) is 5.82 Å². The summed E-state index contributed by atoms with van der Waals surface area (Å²) in [6, 6.07) is 8.82. The van der Waals surface area contributed by atoms with Gasteiger partial charge in [-0.15, -0.1) is 0 Å². The first-order valence-corrected chi connectivity index (χ1v) is 10.9. The molecule has 0 radical (unpaired) electrons. The predicted molar refractivity (Wildman–Crippen MR) is 120 cm³/mol. The average Bonchev–Trinajstić information content (AvgIpc) is 2.78. The number of hydrogen-bond donors (Lipinski definition) is 2. The third-order valence-corrected chi connectivity index (χ3v) is 5.68.